The summed E-state index contributed by atoms with van der Waals surface area (Å²) < 4.78 is 54.0. The van der Waals surface area contributed by atoms with E-state index in [-0.39, 0.29) is 16.7 Å². The molecule has 1 aliphatic rings. The lowest BCUT2D eigenvalue weighted by Crippen LogP contribution is -2.27. The van der Waals surface area contributed by atoms with Gasteiger partial charge in [-0.1, -0.05) is 0 Å². The van der Waals surface area contributed by atoms with Crippen molar-refractivity contribution < 1.29 is 22.4 Å². The van der Waals surface area contributed by atoms with Crippen molar-refractivity contribution in [2.75, 3.05) is 0 Å². The van der Waals surface area contributed by atoms with Crippen molar-refractivity contribution in [3.63, 3.8) is 0 Å². The molecular weight excluding hydrogens is 402 g/mol. The molecule has 1 atom stereocenters. The number of amides is 1. The van der Waals surface area contributed by atoms with E-state index in [1.54, 1.807) is 16.8 Å². The van der Waals surface area contributed by atoms with Crippen LogP contribution in [0.4, 0.5) is 17.6 Å². The Morgan fingerprint density at radius 3 is 2.77 bits per heavy atom. The molecule has 1 aromatic carbocycles. The van der Waals surface area contributed by atoms with Crippen LogP contribution in [0.25, 0.3) is 11.3 Å². The second-order valence-electron chi connectivity index (χ2n) is 6.76. The summed E-state index contributed by atoms with van der Waals surface area (Å²) >= 11 is 0. The number of nitrogens with zero attached hydrogens (tertiary/aromatic N) is 4. The molecule has 6 nitrogen and oxygen atoms in total. The van der Waals surface area contributed by atoms with Crippen molar-refractivity contribution in [1.82, 2.24) is 20.1 Å². The van der Waals surface area contributed by atoms with Gasteiger partial charge in [-0.2, -0.15) is 23.5 Å². The van der Waals surface area contributed by atoms with Crippen LogP contribution in [0.2, 0.25) is 0 Å². The molecular formula is C20H13F4N5O. The first kappa shape index (κ1) is 19.6. The highest BCUT2D eigenvalue weighted by molar-refractivity contribution is 5.94. The molecule has 0 fully saturated rings. The molecule has 1 aliphatic heterocycles. The number of aryl methyl sites for hydroxylation is 1. The van der Waals surface area contributed by atoms with E-state index in [9.17, 15) is 22.4 Å². The maximum Gasteiger partial charge on any atom is 0.433 e. The van der Waals surface area contributed by atoms with Crippen LogP contribution >= 0.6 is 0 Å². The predicted molar refractivity (Wildman–Crippen MR) is 96.4 cm³/mol. The molecule has 1 amide bonds. The summed E-state index contributed by atoms with van der Waals surface area (Å²) in [5, 5.41) is 16.0. The molecule has 0 aliphatic carbocycles. The fraction of sp³-hybridized carbons (Fsp3) is 0.200. The van der Waals surface area contributed by atoms with Gasteiger partial charge in [-0.25, -0.2) is 4.39 Å². The minimum absolute atomic E-state index is 0.00805. The van der Waals surface area contributed by atoms with E-state index >= 15 is 0 Å². The van der Waals surface area contributed by atoms with Crippen LogP contribution in [0.3, 0.4) is 0 Å². The molecule has 3 heterocycles. The number of fused-ring (bicyclic) bond motifs is 1. The Hall–Kier alpha value is -3.74. The van der Waals surface area contributed by atoms with Gasteiger partial charge in [-0.15, -0.1) is 0 Å². The summed E-state index contributed by atoms with van der Waals surface area (Å²) in [4.78, 5) is 15.9. The predicted octanol–water partition coefficient (Wildman–Crippen LogP) is 3.85. The van der Waals surface area contributed by atoms with Crippen molar-refractivity contribution in [2.45, 2.75) is 25.2 Å². The first-order valence-corrected chi connectivity index (χ1v) is 8.87. The second kappa shape index (κ2) is 7.26. The third-order valence-electron chi connectivity index (χ3n) is 4.74. The maximum absolute atomic E-state index is 13.6. The van der Waals surface area contributed by atoms with Crippen molar-refractivity contribution >= 4 is 5.91 Å². The third kappa shape index (κ3) is 3.74. The minimum atomic E-state index is -4.57. The fourth-order valence-corrected chi connectivity index (χ4v) is 3.35. The van der Waals surface area contributed by atoms with Crippen molar-refractivity contribution in [3.05, 3.63) is 70.9 Å². The molecule has 0 saturated carbocycles. The average Bonchev–Trinajstić information content (AvgIpc) is 3.29. The number of nitrogens with one attached hydrogen (secondary N) is 1. The van der Waals surface area contributed by atoms with Crippen LogP contribution in [0.1, 0.15) is 39.8 Å². The van der Waals surface area contributed by atoms with E-state index < -0.39 is 29.6 Å². The highest BCUT2D eigenvalue weighted by atomic mass is 19.4. The maximum atomic E-state index is 13.6. The standard InChI is InChI=1S/C20H13F4N5O/c21-14-6-11(10-25)5-13(7-14)19(30)27-15-2-4-29-17(15)9-16(28-29)12-1-3-26-18(8-12)20(22,23)24/h1,3,5-9,15H,2,4H2,(H,27,30). The highest BCUT2D eigenvalue weighted by Crippen LogP contribution is 2.33. The lowest BCUT2D eigenvalue weighted by Gasteiger charge is -2.12. The monoisotopic (exact) mass is 415 g/mol. The number of pyridine rings is 1. The summed E-state index contributed by atoms with van der Waals surface area (Å²) in [7, 11) is 0. The Kier molecular flexibility index (Phi) is 4.73. The highest BCUT2D eigenvalue weighted by Gasteiger charge is 2.33. The summed E-state index contributed by atoms with van der Waals surface area (Å²) in [6.07, 6.45) is -2.97. The van der Waals surface area contributed by atoms with Gasteiger partial charge in [0.05, 0.1) is 29.1 Å². The van der Waals surface area contributed by atoms with Gasteiger partial charge in [0.1, 0.15) is 11.5 Å². The normalized spacial score (nSPS) is 15.5. The number of hydrogen-bond donors (Lipinski definition) is 1. The quantitative estimate of drug-likeness (QED) is 0.659. The number of benzene rings is 1. The van der Waals surface area contributed by atoms with Gasteiger partial charge in [-0.05, 0) is 42.8 Å². The number of carbonyl (C=O) groups is 1. The topological polar surface area (TPSA) is 83.6 Å². The molecule has 0 radical (unpaired) electrons. The van der Waals surface area contributed by atoms with Gasteiger partial charge in [-0.3, -0.25) is 14.5 Å². The molecule has 4 rings (SSSR count). The van der Waals surface area contributed by atoms with E-state index in [1.807, 2.05) is 0 Å². The Morgan fingerprint density at radius 1 is 1.23 bits per heavy atom. The van der Waals surface area contributed by atoms with E-state index in [4.69, 9.17) is 5.26 Å². The number of halogens is 4. The zero-order valence-electron chi connectivity index (χ0n) is 15.2. The van der Waals surface area contributed by atoms with Crippen LogP contribution < -0.4 is 5.32 Å². The van der Waals surface area contributed by atoms with Crippen molar-refractivity contribution in [2.24, 2.45) is 0 Å². The largest absolute Gasteiger partial charge is 0.433 e. The first-order valence-electron chi connectivity index (χ1n) is 8.87. The summed E-state index contributed by atoms with van der Waals surface area (Å²) in [5.74, 6) is -1.26. The number of aromatic nitrogens is 3. The number of hydrogen-bond acceptors (Lipinski definition) is 4. The zero-order valence-corrected chi connectivity index (χ0v) is 15.2. The summed E-state index contributed by atoms with van der Waals surface area (Å²) in [6.45, 7) is 0.462. The molecule has 0 bridgehead atoms. The van der Waals surface area contributed by atoms with Crippen LogP contribution in [-0.4, -0.2) is 20.7 Å². The number of rotatable bonds is 3. The zero-order chi connectivity index (χ0) is 21.5. The van der Waals surface area contributed by atoms with Crippen molar-refractivity contribution in [1.29, 1.82) is 5.26 Å². The summed E-state index contributed by atoms with van der Waals surface area (Å²) in [6, 6.07) is 8.64. The van der Waals surface area contributed by atoms with E-state index in [1.165, 1.54) is 12.1 Å². The number of nitriles is 1. The summed E-state index contributed by atoms with van der Waals surface area (Å²) in [5.41, 5.74) is 0.228. The second-order valence-corrected chi connectivity index (χ2v) is 6.76. The van der Waals surface area contributed by atoms with Gasteiger partial charge < -0.3 is 5.32 Å². The molecule has 0 spiro atoms. The van der Waals surface area contributed by atoms with Gasteiger partial charge >= 0.3 is 6.18 Å². The average molecular weight is 415 g/mol. The Morgan fingerprint density at radius 2 is 2.03 bits per heavy atom. The molecule has 30 heavy (non-hydrogen) atoms. The van der Waals surface area contributed by atoms with E-state index in [0.29, 0.717) is 24.4 Å². The van der Waals surface area contributed by atoms with Crippen LogP contribution in [-0.2, 0) is 12.7 Å². The van der Waals surface area contributed by atoms with Crippen LogP contribution in [0.15, 0.2) is 42.6 Å². The molecule has 10 heteroatoms. The van der Waals surface area contributed by atoms with E-state index in [2.05, 4.69) is 15.4 Å². The van der Waals surface area contributed by atoms with Gasteiger partial charge in [0.25, 0.3) is 5.91 Å². The SMILES string of the molecule is N#Cc1cc(F)cc(C(=O)NC2CCn3nc(-c4ccnc(C(F)(F)F)c4)cc32)c1. The molecule has 1 unspecified atom stereocenters. The van der Waals surface area contributed by atoms with Gasteiger partial charge in [0.15, 0.2) is 0 Å². The van der Waals surface area contributed by atoms with Crippen LogP contribution in [0.5, 0.6) is 0 Å². The Labute approximate surface area is 167 Å². The molecule has 152 valence electrons. The lowest BCUT2D eigenvalue weighted by molar-refractivity contribution is -0.141. The number of carbonyl (C=O) groups excluding carboxylic acids is 1. The smallest absolute Gasteiger partial charge is 0.344 e. The fourth-order valence-electron chi connectivity index (χ4n) is 3.35. The van der Waals surface area contributed by atoms with Gasteiger partial charge in [0.2, 0.25) is 0 Å². The lowest BCUT2D eigenvalue weighted by atomic mass is 10.1. The first-order chi connectivity index (χ1) is 14.2. The molecule has 3 aromatic rings. The Bertz CT molecular complexity index is 1180. The van der Waals surface area contributed by atoms with E-state index in [0.717, 1.165) is 24.4 Å². The molecule has 0 saturated heterocycles. The molecule has 2 aromatic heterocycles. The van der Waals surface area contributed by atoms with Crippen LogP contribution in [0, 0.1) is 17.1 Å². The van der Waals surface area contributed by atoms with Crippen molar-refractivity contribution in [3.8, 4) is 17.3 Å². The van der Waals surface area contributed by atoms with Gasteiger partial charge in [0, 0.05) is 23.9 Å². The minimum Gasteiger partial charge on any atom is -0.344 e. The number of alkyl halides is 3. The Balaban J connectivity index is 1.58. The third-order valence-corrected chi connectivity index (χ3v) is 4.74. The molecule has 1 N–H and O–H groups in total.